The summed E-state index contributed by atoms with van der Waals surface area (Å²) in [6, 6.07) is 11.1. The van der Waals surface area contributed by atoms with Crippen LogP contribution in [-0.2, 0) is 13.0 Å². The maximum atomic E-state index is 12.7. The van der Waals surface area contributed by atoms with Gasteiger partial charge in [0.2, 0.25) is 5.13 Å². The van der Waals surface area contributed by atoms with Gasteiger partial charge < -0.3 is 9.14 Å². The molecule has 1 N–H and O–H groups in total. The highest BCUT2D eigenvalue weighted by Crippen LogP contribution is 2.23. The number of rotatable bonds is 7. The van der Waals surface area contributed by atoms with Crippen LogP contribution in [0.25, 0.3) is 5.65 Å². The van der Waals surface area contributed by atoms with Gasteiger partial charge >= 0.3 is 0 Å². The number of benzene rings is 1. The van der Waals surface area contributed by atoms with Crippen LogP contribution in [-0.4, -0.2) is 25.5 Å². The highest BCUT2D eigenvalue weighted by Gasteiger charge is 2.15. The molecule has 0 unspecified atom stereocenters. The number of para-hydroxylation sites is 1. The van der Waals surface area contributed by atoms with Crippen LogP contribution >= 0.6 is 11.3 Å². The van der Waals surface area contributed by atoms with Gasteiger partial charge in [0.25, 0.3) is 5.91 Å². The van der Waals surface area contributed by atoms with Crippen LogP contribution in [0.4, 0.5) is 5.13 Å². The Morgan fingerprint density at radius 2 is 2.07 bits per heavy atom. The average Bonchev–Trinajstić information content (AvgIpc) is 3.34. The van der Waals surface area contributed by atoms with E-state index in [1.54, 1.807) is 18.2 Å². The molecule has 0 radical (unpaired) electrons. The summed E-state index contributed by atoms with van der Waals surface area (Å²) in [5.41, 5.74) is 3.23. The van der Waals surface area contributed by atoms with Crippen LogP contribution in [0, 0.1) is 6.92 Å². The Kier molecular flexibility index (Phi) is 5.53. The predicted octanol–water partition coefficient (Wildman–Crippen LogP) is 4.28. The van der Waals surface area contributed by atoms with Crippen molar-refractivity contribution in [3.05, 3.63) is 70.6 Å². The average molecular weight is 407 g/mol. The summed E-state index contributed by atoms with van der Waals surface area (Å²) in [5, 5.41) is 12.3. The van der Waals surface area contributed by atoms with E-state index in [-0.39, 0.29) is 12.5 Å². The van der Waals surface area contributed by atoms with Crippen LogP contribution < -0.4 is 10.1 Å². The minimum Gasteiger partial charge on any atom is -0.486 e. The summed E-state index contributed by atoms with van der Waals surface area (Å²) in [6.07, 6.45) is 5.73. The van der Waals surface area contributed by atoms with Crippen molar-refractivity contribution in [3.63, 3.8) is 0 Å². The first-order valence-corrected chi connectivity index (χ1v) is 10.2. The molecule has 0 aliphatic carbocycles. The summed E-state index contributed by atoms with van der Waals surface area (Å²) in [7, 11) is 0. The van der Waals surface area contributed by atoms with Crippen molar-refractivity contribution >= 4 is 28.0 Å². The van der Waals surface area contributed by atoms with E-state index in [0.29, 0.717) is 16.4 Å². The third-order valence-electron chi connectivity index (χ3n) is 4.39. The first kappa shape index (κ1) is 19.1. The van der Waals surface area contributed by atoms with Crippen molar-refractivity contribution in [3.8, 4) is 5.75 Å². The fourth-order valence-electron chi connectivity index (χ4n) is 2.99. The van der Waals surface area contributed by atoms with Crippen LogP contribution in [0.5, 0.6) is 5.75 Å². The number of aryl methyl sites for hydroxylation is 2. The number of nitrogens with zero attached hydrogens (tertiary/aromatic N) is 4. The van der Waals surface area contributed by atoms with E-state index in [2.05, 4.69) is 27.4 Å². The first-order chi connectivity index (χ1) is 14.1. The molecule has 0 fully saturated rings. The van der Waals surface area contributed by atoms with E-state index in [0.717, 1.165) is 34.8 Å². The molecule has 8 heteroatoms. The van der Waals surface area contributed by atoms with E-state index in [4.69, 9.17) is 4.74 Å². The molecule has 7 nitrogen and oxygen atoms in total. The number of hydrogen-bond donors (Lipinski definition) is 1. The highest BCUT2D eigenvalue weighted by molar-refractivity contribution is 7.15. The van der Waals surface area contributed by atoms with Gasteiger partial charge in [0.15, 0.2) is 0 Å². The maximum Gasteiger partial charge on any atom is 0.261 e. The third-order valence-corrected chi connectivity index (χ3v) is 5.28. The molecular weight excluding hydrogens is 386 g/mol. The van der Waals surface area contributed by atoms with Gasteiger partial charge in [-0.15, -0.1) is 10.2 Å². The molecule has 0 saturated carbocycles. The van der Waals surface area contributed by atoms with Crippen LogP contribution in [0.3, 0.4) is 0 Å². The van der Waals surface area contributed by atoms with Crippen molar-refractivity contribution in [2.24, 2.45) is 0 Å². The third kappa shape index (κ3) is 4.27. The fourth-order valence-corrected chi connectivity index (χ4v) is 3.83. The molecule has 4 aromatic rings. The van der Waals surface area contributed by atoms with Gasteiger partial charge in [-0.25, -0.2) is 4.98 Å². The van der Waals surface area contributed by atoms with Gasteiger partial charge in [0, 0.05) is 18.8 Å². The van der Waals surface area contributed by atoms with E-state index in [1.165, 1.54) is 11.3 Å². The summed E-state index contributed by atoms with van der Waals surface area (Å²) in [5.74, 6) is 0.225. The zero-order chi connectivity index (χ0) is 20.2. The normalized spacial score (nSPS) is 11.0. The molecule has 0 saturated heterocycles. The second-order valence-electron chi connectivity index (χ2n) is 6.64. The molecule has 0 aliphatic rings. The molecule has 3 aromatic heterocycles. The van der Waals surface area contributed by atoms with E-state index < -0.39 is 0 Å². The van der Waals surface area contributed by atoms with Gasteiger partial charge in [-0.2, -0.15) is 0 Å². The second kappa shape index (κ2) is 8.40. The van der Waals surface area contributed by atoms with Crippen molar-refractivity contribution in [1.82, 2.24) is 19.6 Å². The summed E-state index contributed by atoms with van der Waals surface area (Å²) in [4.78, 5) is 17.3. The lowest BCUT2D eigenvalue weighted by atomic mass is 10.2. The molecule has 1 aromatic carbocycles. The van der Waals surface area contributed by atoms with Gasteiger partial charge in [-0.1, -0.05) is 36.5 Å². The van der Waals surface area contributed by atoms with Gasteiger partial charge in [-0.05, 0) is 37.1 Å². The molecule has 3 heterocycles. The van der Waals surface area contributed by atoms with Gasteiger partial charge in [-0.3, -0.25) is 10.1 Å². The van der Waals surface area contributed by atoms with Crippen LogP contribution in [0.1, 0.15) is 40.0 Å². The van der Waals surface area contributed by atoms with Crippen molar-refractivity contribution in [2.45, 2.75) is 33.3 Å². The summed E-state index contributed by atoms with van der Waals surface area (Å²) in [6.45, 7) is 4.37. The lowest BCUT2D eigenvalue weighted by molar-refractivity contribution is 0.102. The van der Waals surface area contributed by atoms with Crippen LogP contribution in [0.15, 0.2) is 48.8 Å². The minimum atomic E-state index is -0.273. The Bertz CT molecular complexity index is 1150. The van der Waals surface area contributed by atoms with Gasteiger partial charge in [0.1, 0.15) is 23.0 Å². The molecule has 0 bridgehead atoms. The molecule has 148 valence electrons. The van der Waals surface area contributed by atoms with E-state index >= 15 is 0 Å². The molecule has 0 atom stereocenters. The maximum absolute atomic E-state index is 12.7. The lowest BCUT2D eigenvalue weighted by Gasteiger charge is -2.09. The summed E-state index contributed by atoms with van der Waals surface area (Å²) < 4.78 is 7.89. The predicted molar refractivity (Wildman–Crippen MR) is 113 cm³/mol. The number of ether oxygens (including phenoxy) is 1. The number of carbonyl (C=O) groups excluding carboxylic acids is 1. The Morgan fingerprint density at radius 3 is 2.90 bits per heavy atom. The Hall–Kier alpha value is -3.26. The highest BCUT2D eigenvalue weighted by atomic mass is 32.1. The second-order valence-corrected chi connectivity index (χ2v) is 7.71. The van der Waals surface area contributed by atoms with Crippen molar-refractivity contribution in [2.75, 3.05) is 5.32 Å². The molecule has 0 aliphatic heterocycles. The number of aromatic nitrogens is 4. The quantitative estimate of drug-likeness (QED) is 0.495. The fraction of sp³-hybridized carbons (Fsp3) is 0.238. The van der Waals surface area contributed by atoms with E-state index in [1.807, 2.05) is 41.9 Å². The zero-order valence-corrected chi connectivity index (χ0v) is 17.1. The molecule has 29 heavy (non-hydrogen) atoms. The molecule has 4 rings (SSSR count). The number of fused-ring (bicyclic) bond motifs is 1. The number of imidazole rings is 1. The number of nitrogens with one attached hydrogen (secondary N) is 1. The molecule has 0 spiro atoms. The monoisotopic (exact) mass is 407 g/mol. The first-order valence-electron chi connectivity index (χ1n) is 9.43. The Balaban J connectivity index is 1.48. The largest absolute Gasteiger partial charge is 0.486 e. The number of pyridine rings is 1. The van der Waals surface area contributed by atoms with Crippen molar-refractivity contribution < 1.29 is 9.53 Å². The standard InChI is InChI=1S/C21H21N5O2S/c1-3-7-18-24-25-21(29-18)23-20(27)16-9-4-5-10-17(16)28-13-15-12-26-11-6-8-14(2)19(26)22-15/h4-6,8-12H,3,7,13H2,1-2H3,(H,23,25,27). The van der Waals surface area contributed by atoms with E-state index in [9.17, 15) is 4.79 Å². The number of carbonyl (C=O) groups is 1. The Labute approximate surface area is 172 Å². The number of anilines is 1. The SMILES string of the molecule is CCCc1nnc(NC(=O)c2ccccc2OCc2cn3cccc(C)c3n2)s1. The molecule has 1 amide bonds. The minimum absolute atomic E-state index is 0.269. The van der Waals surface area contributed by atoms with Gasteiger partial charge in [0.05, 0.1) is 11.3 Å². The topological polar surface area (TPSA) is 81.4 Å². The summed E-state index contributed by atoms with van der Waals surface area (Å²) >= 11 is 1.39. The zero-order valence-electron chi connectivity index (χ0n) is 16.3. The van der Waals surface area contributed by atoms with Crippen molar-refractivity contribution in [1.29, 1.82) is 0 Å². The Morgan fingerprint density at radius 1 is 1.21 bits per heavy atom. The smallest absolute Gasteiger partial charge is 0.261 e. The lowest BCUT2D eigenvalue weighted by Crippen LogP contribution is -2.13. The van der Waals surface area contributed by atoms with Crippen LogP contribution in [0.2, 0.25) is 0 Å². The number of hydrogen-bond acceptors (Lipinski definition) is 6. The molecular formula is C21H21N5O2S. The number of amides is 1.